The minimum Gasteiger partial charge on any atom is -0.487 e. The molecule has 0 fully saturated rings. The summed E-state index contributed by atoms with van der Waals surface area (Å²) in [6.07, 6.45) is 5.11. The van der Waals surface area contributed by atoms with Gasteiger partial charge in [0.2, 0.25) is 5.91 Å². The van der Waals surface area contributed by atoms with Gasteiger partial charge < -0.3 is 15.0 Å². The SMILES string of the molecule is CCCCN(CCC)CCOc1cccn(-c2ccc(N(CC(C)CNC(=O)c3ccc(Cl)s3)C(C)=O)cc2C)c1=O. The number of unbranched alkanes of at least 4 members (excludes halogenated alkanes) is 1. The largest absolute Gasteiger partial charge is 0.487 e. The molecule has 1 unspecified atom stereocenters. The molecule has 8 nitrogen and oxygen atoms in total. The summed E-state index contributed by atoms with van der Waals surface area (Å²) in [6.45, 7) is 13.9. The van der Waals surface area contributed by atoms with E-state index < -0.39 is 0 Å². The highest BCUT2D eigenvalue weighted by molar-refractivity contribution is 7.18. The van der Waals surface area contributed by atoms with Crippen molar-refractivity contribution < 1.29 is 14.3 Å². The molecule has 0 aliphatic carbocycles. The van der Waals surface area contributed by atoms with Crippen LogP contribution in [0.2, 0.25) is 4.34 Å². The zero-order valence-corrected chi connectivity index (χ0v) is 26.9. The van der Waals surface area contributed by atoms with Crippen LogP contribution in [0.1, 0.15) is 62.2 Å². The van der Waals surface area contributed by atoms with E-state index in [4.69, 9.17) is 16.3 Å². The van der Waals surface area contributed by atoms with Gasteiger partial charge in [-0.3, -0.25) is 23.9 Å². The molecular formula is C32H43ClN4O4S. The van der Waals surface area contributed by atoms with Crippen molar-refractivity contribution in [3.05, 3.63) is 73.8 Å². The fourth-order valence-corrected chi connectivity index (χ4v) is 5.71. The van der Waals surface area contributed by atoms with E-state index in [1.807, 2.05) is 38.1 Å². The van der Waals surface area contributed by atoms with Gasteiger partial charge >= 0.3 is 0 Å². The van der Waals surface area contributed by atoms with Crippen molar-refractivity contribution in [3.63, 3.8) is 0 Å². The normalized spacial score (nSPS) is 11.9. The van der Waals surface area contributed by atoms with Crippen molar-refractivity contribution in [1.82, 2.24) is 14.8 Å². The maximum absolute atomic E-state index is 13.3. The van der Waals surface area contributed by atoms with E-state index in [1.54, 1.807) is 33.9 Å². The molecule has 2 heterocycles. The van der Waals surface area contributed by atoms with E-state index in [2.05, 4.69) is 24.1 Å². The number of hydrogen-bond donors (Lipinski definition) is 1. The number of hydrogen-bond acceptors (Lipinski definition) is 6. The summed E-state index contributed by atoms with van der Waals surface area (Å²) in [5.74, 6) is 0.0349. The molecule has 0 saturated carbocycles. The van der Waals surface area contributed by atoms with E-state index >= 15 is 0 Å². The number of pyridine rings is 1. The van der Waals surface area contributed by atoms with Crippen LogP contribution < -0.4 is 20.5 Å². The maximum atomic E-state index is 13.3. The van der Waals surface area contributed by atoms with Crippen molar-refractivity contribution in [2.24, 2.45) is 5.92 Å². The van der Waals surface area contributed by atoms with E-state index in [0.29, 0.717) is 34.7 Å². The van der Waals surface area contributed by atoms with E-state index in [0.717, 1.165) is 55.8 Å². The first-order valence-electron chi connectivity index (χ1n) is 14.6. The highest BCUT2D eigenvalue weighted by Gasteiger charge is 2.18. The molecule has 1 aromatic carbocycles. The van der Waals surface area contributed by atoms with E-state index in [1.165, 1.54) is 18.3 Å². The molecule has 3 aromatic rings. The van der Waals surface area contributed by atoms with Crippen LogP contribution in [0.15, 0.2) is 53.5 Å². The molecule has 10 heteroatoms. The Balaban J connectivity index is 1.68. The average molecular weight is 615 g/mol. The van der Waals surface area contributed by atoms with Crippen molar-refractivity contribution in [2.75, 3.05) is 44.2 Å². The monoisotopic (exact) mass is 614 g/mol. The lowest BCUT2D eigenvalue weighted by Gasteiger charge is -2.26. The molecule has 0 aliphatic rings. The first-order chi connectivity index (χ1) is 20.1. The summed E-state index contributed by atoms with van der Waals surface area (Å²) in [5, 5.41) is 2.92. The van der Waals surface area contributed by atoms with Gasteiger partial charge in [-0.15, -0.1) is 11.3 Å². The Morgan fingerprint density at radius 3 is 2.52 bits per heavy atom. The topological polar surface area (TPSA) is 83.9 Å². The van der Waals surface area contributed by atoms with Crippen LogP contribution in [0, 0.1) is 12.8 Å². The minimum absolute atomic E-state index is 0.0000560. The van der Waals surface area contributed by atoms with Gasteiger partial charge in [-0.1, -0.05) is 38.8 Å². The highest BCUT2D eigenvalue weighted by Crippen LogP contribution is 2.24. The fraction of sp³-hybridized carbons (Fsp3) is 0.469. The Morgan fingerprint density at radius 2 is 1.88 bits per heavy atom. The van der Waals surface area contributed by atoms with Crippen LogP contribution in [-0.4, -0.2) is 60.6 Å². The number of amides is 2. The predicted molar refractivity (Wildman–Crippen MR) is 173 cm³/mol. The summed E-state index contributed by atoms with van der Waals surface area (Å²) in [7, 11) is 0. The van der Waals surface area contributed by atoms with Crippen LogP contribution in [0.4, 0.5) is 5.69 Å². The zero-order valence-electron chi connectivity index (χ0n) is 25.3. The van der Waals surface area contributed by atoms with Gasteiger partial charge in [0.15, 0.2) is 5.75 Å². The Labute approximate surface area is 258 Å². The summed E-state index contributed by atoms with van der Waals surface area (Å²) >= 11 is 7.17. The van der Waals surface area contributed by atoms with Gasteiger partial charge in [0, 0.05) is 38.4 Å². The van der Waals surface area contributed by atoms with Crippen molar-refractivity contribution in [3.8, 4) is 11.4 Å². The number of nitrogens with one attached hydrogen (secondary N) is 1. The van der Waals surface area contributed by atoms with Crippen molar-refractivity contribution in [1.29, 1.82) is 0 Å². The second-order valence-electron chi connectivity index (χ2n) is 10.6. The Kier molecular flexibility index (Phi) is 13.1. The van der Waals surface area contributed by atoms with Gasteiger partial charge in [0.05, 0.1) is 14.9 Å². The second kappa shape index (κ2) is 16.5. The average Bonchev–Trinajstić information content (AvgIpc) is 3.40. The molecule has 0 radical (unpaired) electrons. The number of aromatic nitrogens is 1. The molecule has 3 rings (SSSR count). The van der Waals surface area contributed by atoms with E-state index in [9.17, 15) is 14.4 Å². The first-order valence-corrected chi connectivity index (χ1v) is 15.8. The van der Waals surface area contributed by atoms with Crippen LogP contribution in [-0.2, 0) is 4.79 Å². The lowest BCUT2D eigenvalue weighted by atomic mass is 10.1. The number of thiophene rings is 1. The standard InChI is InChI=1S/C32H43ClN4O4S/c1-6-8-16-35(15-7-2)18-19-41-28-10-9-17-36(32(28)40)27-12-11-26(20-24(27)4)37(25(5)38)22-23(3)21-34-31(39)29-13-14-30(33)42-29/h9-14,17,20,23H,6-8,15-16,18-19,21-22H2,1-5H3,(H,34,39). The maximum Gasteiger partial charge on any atom is 0.297 e. The van der Waals surface area contributed by atoms with Gasteiger partial charge in [-0.25, -0.2) is 0 Å². The molecule has 2 amide bonds. The lowest BCUT2D eigenvalue weighted by molar-refractivity contribution is -0.116. The third kappa shape index (κ3) is 9.44. The molecule has 0 bridgehead atoms. The van der Waals surface area contributed by atoms with Crippen LogP contribution >= 0.6 is 22.9 Å². The number of anilines is 1. The molecule has 1 atom stereocenters. The quantitative estimate of drug-likeness (QED) is 0.209. The zero-order chi connectivity index (χ0) is 30.6. The molecule has 0 spiro atoms. The predicted octanol–water partition coefficient (Wildman–Crippen LogP) is 6.17. The third-order valence-corrected chi connectivity index (χ3v) is 8.21. The number of nitrogens with zero attached hydrogens (tertiary/aromatic N) is 3. The number of aryl methyl sites for hydroxylation is 1. The molecular weight excluding hydrogens is 572 g/mol. The van der Waals surface area contributed by atoms with Crippen molar-refractivity contribution in [2.45, 2.75) is 53.9 Å². The smallest absolute Gasteiger partial charge is 0.297 e. The van der Waals surface area contributed by atoms with Gasteiger partial charge in [0.25, 0.3) is 11.5 Å². The molecule has 228 valence electrons. The number of carbonyl (C=O) groups is 2. The Bertz CT molecular complexity index is 1390. The number of benzene rings is 1. The Morgan fingerprint density at radius 1 is 1.10 bits per heavy atom. The van der Waals surface area contributed by atoms with Crippen LogP contribution in [0.5, 0.6) is 5.75 Å². The first kappa shape index (κ1) is 33.4. The number of rotatable bonds is 16. The van der Waals surface area contributed by atoms with Crippen LogP contribution in [0.25, 0.3) is 5.69 Å². The molecule has 1 N–H and O–H groups in total. The fourth-order valence-electron chi connectivity index (χ4n) is 4.75. The molecule has 2 aromatic heterocycles. The van der Waals surface area contributed by atoms with E-state index in [-0.39, 0.29) is 23.3 Å². The lowest BCUT2D eigenvalue weighted by Crippen LogP contribution is -2.38. The summed E-state index contributed by atoms with van der Waals surface area (Å²) in [4.78, 5) is 42.9. The molecule has 0 saturated heterocycles. The second-order valence-corrected chi connectivity index (χ2v) is 12.3. The van der Waals surface area contributed by atoms with Gasteiger partial charge in [0.1, 0.15) is 6.61 Å². The number of carbonyl (C=O) groups excluding carboxylic acids is 2. The highest BCUT2D eigenvalue weighted by atomic mass is 35.5. The summed E-state index contributed by atoms with van der Waals surface area (Å²) < 4.78 is 8.09. The summed E-state index contributed by atoms with van der Waals surface area (Å²) in [5.41, 5.74) is 2.09. The number of ether oxygens (including phenoxy) is 1. The molecule has 42 heavy (non-hydrogen) atoms. The summed E-state index contributed by atoms with van der Waals surface area (Å²) in [6, 6.07) is 12.5. The van der Waals surface area contributed by atoms with Crippen molar-refractivity contribution >= 4 is 40.4 Å². The van der Waals surface area contributed by atoms with Crippen LogP contribution in [0.3, 0.4) is 0 Å². The third-order valence-electron chi connectivity index (χ3n) is 6.98. The van der Waals surface area contributed by atoms with Gasteiger partial charge in [-0.2, -0.15) is 0 Å². The molecule has 0 aliphatic heterocycles. The minimum atomic E-state index is -0.219. The number of halogens is 1. The van der Waals surface area contributed by atoms with Gasteiger partial charge in [-0.05, 0) is 86.8 Å². The Hall–Kier alpha value is -3.14.